The van der Waals surface area contributed by atoms with Crippen LogP contribution in [0.25, 0.3) is 0 Å². The normalized spacial score (nSPS) is 10.1. The Morgan fingerprint density at radius 1 is 1.00 bits per heavy atom. The average molecular weight is 358 g/mol. The molecule has 0 spiro atoms. The number of carbonyl (C=O) groups is 2. The van der Waals surface area contributed by atoms with Gasteiger partial charge in [-0.2, -0.15) is 0 Å². The molecule has 0 aromatic heterocycles. The van der Waals surface area contributed by atoms with E-state index in [-0.39, 0.29) is 12.8 Å². The van der Waals surface area contributed by atoms with Gasteiger partial charge in [0.2, 0.25) is 6.79 Å². The molecule has 0 amide bonds. The summed E-state index contributed by atoms with van der Waals surface area (Å²) < 4.78 is 21.3. The quantitative estimate of drug-likeness (QED) is 0.368. The van der Waals surface area contributed by atoms with Gasteiger partial charge in [-0.15, -0.1) is 0 Å². The minimum absolute atomic E-state index is 0.0627. The maximum Gasteiger partial charge on any atom is 0.305 e. The number of esters is 1. The zero-order valence-corrected chi connectivity index (χ0v) is 14.9. The van der Waals surface area contributed by atoms with Crippen LogP contribution >= 0.6 is 0 Å². The summed E-state index contributed by atoms with van der Waals surface area (Å²) in [5.74, 6) is 1.19. The van der Waals surface area contributed by atoms with Crippen LogP contribution in [0.2, 0.25) is 0 Å². The predicted molar refractivity (Wildman–Crippen MR) is 95.9 cm³/mol. The molecule has 0 atom stereocenters. The lowest BCUT2D eigenvalue weighted by Gasteiger charge is -2.16. The topological polar surface area (TPSA) is 71.1 Å². The molecule has 0 unspecified atom stereocenters. The summed E-state index contributed by atoms with van der Waals surface area (Å²) in [5.41, 5.74) is 1.21. The van der Waals surface area contributed by atoms with E-state index in [1.165, 1.54) is 14.2 Å². The van der Waals surface area contributed by atoms with E-state index in [1.807, 2.05) is 30.3 Å². The maximum absolute atomic E-state index is 11.3. The molecule has 0 N–H and O–H groups in total. The highest BCUT2D eigenvalue weighted by molar-refractivity contribution is 5.82. The summed E-state index contributed by atoms with van der Waals surface area (Å²) in [4.78, 5) is 22.6. The molecule has 2 aromatic rings. The molecule has 0 heterocycles. The first-order chi connectivity index (χ1) is 12.7. The highest BCUT2D eigenvalue weighted by atomic mass is 16.7. The highest BCUT2D eigenvalue weighted by Gasteiger charge is 2.16. The number of hydrogen-bond donors (Lipinski definition) is 0. The number of rotatable bonds is 10. The van der Waals surface area contributed by atoms with Gasteiger partial charge in [0.1, 0.15) is 5.75 Å². The molecule has 0 saturated carbocycles. The molecule has 0 bridgehead atoms. The summed E-state index contributed by atoms with van der Waals surface area (Å²) in [5, 5.41) is 0. The van der Waals surface area contributed by atoms with Crippen molar-refractivity contribution in [2.75, 3.05) is 21.0 Å². The van der Waals surface area contributed by atoms with Gasteiger partial charge in [0.15, 0.2) is 17.8 Å². The van der Waals surface area contributed by atoms with Gasteiger partial charge in [0.05, 0.1) is 19.8 Å². The van der Waals surface area contributed by atoms with Crippen molar-refractivity contribution in [1.82, 2.24) is 0 Å². The van der Waals surface area contributed by atoms with E-state index in [9.17, 15) is 9.59 Å². The highest BCUT2D eigenvalue weighted by Crippen LogP contribution is 2.35. The minimum atomic E-state index is -0.263. The van der Waals surface area contributed by atoms with E-state index in [0.29, 0.717) is 48.4 Å². The van der Waals surface area contributed by atoms with E-state index in [0.717, 1.165) is 5.56 Å². The number of ether oxygens (including phenoxy) is 4. The molecule has 0 aliphatic heterocycles. The molecular weight excluding hydrogens is 336 g/mol. The second-order valence-electron chi connectivity index (χ2n) is 5.44. The van der Waals surface area contributed by atoms with Crippen molar-refractivity contribution in [3.05, 3.63) is 53.6 Å². The zero-order chi connectivity index (χ0) is 18.8. The third-order valence-electron chi connectivity index (χ3n) is 3.78. The molecule has 0 aliphatic rings. The van der Waals surface area contributed by atoms with Crippen LogP contribution < -0.4 is 14.2 Å². The Kier molecular flexibility index (Phi) is 7.49. The Hall–Kier alpha value is -3.02. The number of aryl methyl sites for hydroxylation is 1. The Morgan fingerprint density at radius 2 is 1.77 bits per heavy atom. The summed E-state index contributed by atoms with van der Waals surface area (Å²) in [6.45, 7) is -0.0627. The SMILES string of the molecule is COC(=O)CCCc1ccc(C=O)c(OCOc2ccccc2)c1OC. The summed E-state index contributed by atoms with van der Waals surface area (Å²) in [7, 11) is 2.87. The third kappa shape index (κ3) is 5.24. The van der Waals surface area contributed by atoms with Gasteiger partial charge in [-0.3, -0.25) is 9.59 Å². The van der Waals surface area contributed by atoms with Crippen LogP contribution in [0.1, 0.15) is 28.8 Å². The van der Waals surface area contributed by atoms with E-state index in [1.54, 1.807) is 12.1 Å². The van der Waals surface area contributed by atoms with Gasteiger partial charge in [0, 0.05) is 6.42 Å². The Balaban J connectivity index is 2.10. The second-order valence-corrected chi connectivity index (χ2v) is 5.44. The van der Waals surface area contributed by atoms with Gasteiger partial charge in [-0.05, 0) is 36.6 Å². The van der Waals surface area contributed by atoms with E-state index in [4.69, 9.17) is 14.2 Å². The van der Waals surface area contributed by atoms with Crippen LogP contribution in [-0.4, -0.2) is 33.3 Å². The van der Waals surface area contributed by atoms with E-state index < -0.39 is 0 Å². The number of aldehydes is 1. The van der Waals surface area contributed by atoms with Gasteiger partial charge in [-0.25, -0.2) is 0 Å². The fraction of sp³-hybridized carbons (Fsp3) is 0.300. The van der Waals surface area contributed by atoms with Crippen molar-refractivity contribution in [3.8, 4) is 17.2 Å². The molecule has 6 heteroatoms. The Bertz CT molecular complexity index is 727. The maximum atomic E-state index is 11.3. The van der Waals surface area contributed by atoms with Crippen molar-refractivity contribution in [2.24, 2.45) is 0 Å². The predicted octanol–water partition coefficient (Wildman–Crippen LogP) is 3.42. The van der Waals surface area contributed by atoms with Crippen molar-refractivity contribution < 1.29 is 28.5 Å². The van der Waals surface area contributed by atoms with Gasteiger partial charge < -0.3 is 18.9 Å². The van der Waals surface area contributed by atoms with Crippen LogP contribution in [0.4, 0.5) is 0 Å². The van der Waals surface area contributed by atoms with Gasteiger partial charge in [0.25, 0.3) is 0 Å². The van der Waals surface area contributed by atoms with Crippen LogP contribution in [-0.2, 0) is 16.0 Å². The first-order valence-corrected chi connectivity index (χ1v) is 8.22. The molecule has 0 fully saturated rings. The number of methoxy groups -OCH3 is 2. The monoisotopic (exact) mass is 358 g/mol. The number of hydrogen-bond acceptors (Lipinski definition) is 6. The Morgan fingerprint density at radius 3 is 2.42 bits per heavy atom. The van der Waals surface area contributed by atoms with Crippen LogP contribution in [0.5, 0.6) is 17.2 Å². The van der Waals surface area contributed by atoms with Crippen LogP contribution in [0.3, 0.4) is 0 Å². The summed E-state index contributed by atoms with van der Waals surface area (Å²) >= 11 is 0. The van der Waals surface area contributed by atoms with Crippen molar-refractivity contribution in [3.63, 3.8) is 0 Å². The number of benzene rings is 2. The summed E-state index contributed by atoms with van der Waals surface area (Å²) in [6, 6.07) is 12.7. The molecule has 2 aromatic carbocycles. The molecule has 0 saturated heterocycles. The number of para-hydroxylation sites is 1. The fourth-order valence-electron chi connectivity index (χ4n) is 2.48. The molecule has 0 aliphatic carbocycles. The number of carbonyl (C=O) groups excluding carboxylic acids is 2. The molecule has 26 heavy (non-hydrogen) atoms. The molecule has 0 radical (unpaired) electrons. The van der Waals surface area contributed by atoms with Gasteiger partial charge in [-0.1, -0.05) is 24.3 Å². The third-order valence-corrected chi connectivity index (χ3v) is 3.78. The van der Waals surface area contributed by atoms with E-state index in [2.05, 4.69) is 4.74 Å². The standard InChI is InChI=1S/C20H22O6/c1-23-18(22)10-6-7-15-11-12-16(13-21)20(19(15)24-2)26-14-25-17-8-4-3-5-9-17/h3-5,8-9,11-13H,6-7,10,14H2,1-2H3. The largest absolute Gasteiger partial charge is 0.493 e. The van der Waals surface area contributed by atoms with Crippen molar-refractivity contribution in [1.29, 1.82) is 0 Å². The summed E-state index contributed by atoms with van der Waals surface area (Å²) in [6.07, 6.45) is 2.21. The van der Waals surface area contributed by atoms with Crippen LogP contribution in [0, 0.1) is 0 Å². The zero-order valence-electron chi connectivity index (χ0n) is 14.9. The fourth-order valence-corrected chi connectivity index (χ4v) is 2.48. The van der Waals surface area contributed by atoms with Crippen molar-refractivity contribution >= 4 is 12.3 Å². The Labute approximate surface area is 152 Å². The van der Waals surface area contributed by atoms with Crippen LogP contribution in [0.15, 0.2) is 42.5 Å². The molecule has 2 rings (SSSR count). The smallest absolute Gasteiger partial charge is 0.305 e. The lowest BCUT2D eigenvalue weighted by Crippen LogP contribution is -2.09. The molecule has 138 valence electrons. The lowest BCUT2D eigenvalue weighted by atomic mass is 10.0. The average Bonchev–Trinajstić information content (AvgIpc) is 2.68. The van der Waals surface area contributed by atoms with Gasteiger partial charge >= 0.3 is 5.97 Å². The first kappa shape index (κ1) is 19.3. The lowest BCUT2D eigenvalue weighted by molar-refractivity contribution is -0.140. The second kappa shape index (κ2) is 10.1. The van der Waals surface area contributed by atoms with E-state index >= 15 is 0 Å². The first-order valence-electron chi connectivity index (χ1n) is 8.22. The molecule has 6 nitrogen and oxygen atoms in total. The minimum Gasteiger partial charge on any atom is -0.493 e. The van der Waals surface area contributed by atoms with Crippen molar-refractivity contribution in [2.45, 2.75) is 19.3 Å². The molecular formula is C20H22O6.